The molecule has 0 aliphatic rings. The molecule has 0 fully saturated rings. The fourth-order valence-corrected chi connectivity index (χ4v) is 5.24. The fourth-order valence-electron chi connectivity index (χ4n) is 5.24. The molecule has 5 N–H and O–H groups in total. The van der Waals surface area contributed by atoms with Gasteiger partial charge in [-0.2, -0.15) is 0 Å². The maximum atomic E-state index is 14.0. The second-order valence-corrected chi connectivity index (χ2v) is 10.7. The molecule has 0 saturated heterocycles. The number of rotatable bonds is 14. The van der Waals surface area contributed by atoms with E-state index in [1.807, 2.05) is 85.8 Å². The van der Waals surface area contributed by atoms with Crippen LogP contribution < -0.4 is 16.4 Å². The molecule has 0 aliphatic heterocycles. The molecule has 226 valence electrons. The lowest BCUT2D eigenvalue weighted by Gasteiger charge is -2.23. The Morgan fingerprint density at radius 3 is 2.36 bits per heavy atom. The van der Waals surface area contributed by atoms with Crippen molar-refractivity contribution < 1.29 is 9.53 Å². The lowest BCUT2D eigenvalue weighted by atomic mass is 10.1. The highest BCUT2D eigenvalue weighted by Crippen LogP contribution is 2.24. The summed E-state index contributed by atoms with van der Waals surface area (Å²) in [6, 6.07) is 25.3. The number of amidine groups is 1. The maximum Gasteiger partial charge on any atom is 0.258 e. The molecule has 0 bridgehead atoms. The number of fused-ring (bicyclic) bond motifs is 1. The van der Waals surface area contributed by atoms with E-state index < -0.39 is 0 Å². The maximum absolute atomic E-state index is 14.0. The number of aromatic nitrogens is 3. The van der Waals surface area contributed by atoms with E-state index in [1.54, 1.807) is 17.3 Å². The highest BCUT2D eigenvalue weighted by molar-refractivity contribution is 6.07. The van der Waals surface area contributed by atoms with Crippen LogP contribution in [0.1, 0.15) is 51.8 Å². The van der Waals surface area contributed by atoms with Crippen molar-refractivity contribution in [2.75, 3.05) is 18.1 Å². The standard InChI is InChI=1S/C35H39N7O2/c1-2-44-20-4-19-41-32-16-15-29(21-31(32)40-33(41)17-12-25-10-13-28(14-11-25)34(37)38)35(43)42(30-5-3-18-39-23-30)24-27-8-6-26(22-36)7-9-27/h3,5-11,13-16,18,21,23H,2,4,12,17,19-20,22,24,36H2,1H3,(H3,37,38). The average molecular weight is 590 g/mol. The number of nitrogens with two attached hydrogens (primary N) is 2. The number of pyridine rings is 1. The normalized spacial score (nSPS) is 11.1. The number of aryl methyl sites for hydroxylation is 3. The number of carbonyl (C=O) groups excluding carboxylic acids is 1. The Balaban J connectivity index is 1.43. The third-order valence-corrected chi connectivity index (χ3v) is 7.65. The van der Waals surface area contributed by atoms with E-state index in [-0.39, 0.29) is 11.7 Å². The Bertz CT molecular complexity index is 1700. The van der Waals surface area contributed by atoms with Crippen molar-refractivity contribution in [3.63, 3.8) is 0 Å². The second kappa shape index (κ2) is 14.5. The smallest absolute Gasteiger partial charge is 0.258 e. The van der Waals surface area contributed by atoms with Gasteiger partial charge in [-0.15, -0.1) is 0 Å². The van der Waals surface area contributed by atoms with Gasteiger partial charge in [0.15, 0.2) is 0 Å². The minimum atomic E-state index is -0.124. The minimum Gasteiger partial charge on any atom is -0.384 e. The monoisotopic (exact) mass is 589 g/mol. The number of nitrogen functional groups attached to an aromatic ring is 1. The first-order valence-corrected chi connectivity index (χ1v) is 15.0. The second-order valence-electron chi connectivity index (χ2n) is 10.7. The highest BCUT2D eigenvalue weighted by atomic mass is 16.5. The van der Waals surface area contributed by atoms with Gasteiger partial charge in [0.1, 0.15) is 11.7 Å². The van der Waals surface area contributed by atoms with Crippen LogP contribution in [-0.2, 0) is 37.2 Å². The van der Waals surface area contributed by atoms with Gasteiger partial charge in [-0.05, 0) is 66.8 Å². The zero-order chi connectivity index (χ0) is 30.9. The van der Waals surface area contributed by atoms with Gasteiger partial charge in [-0.25, -0.2) is 4.98 Å². The van der Waals surface area contributed by atoms with Gasteiger partial charge in [0.25, 0.3) is 5.91 Å². The van der Waals surface area contributed by atoms with Crippen molar-refractivity contribution in [3.8, 4) is 0 Å². The van der Waals surface area contributed by atoms with Gasteiger partial charge in [0, 0.05) is 50.0 Å². The molecule has 0 aliphatic carbocycles. The number of nitrogens with one attached hydrogen (secondary N) is 1. The molecule has 44 heavy (non-hydrogen) atoms. The molecule has 0 saturated carbocycles. The van der Waals surface area contributed by atoms with Gasteiger partial charge in [0.05, 0.1) is 29.5 Å². The van der Waals surface area contributed by atoms with E-state index in [0.717, 1.165) is 65.0 Å². The molecular formula is C35H39N7O2. The Morgan fingerprint density at radius 1 is 0.955 bits per heavy atom. The number of nitrogens with zero attached hydrogens (tertiary/aromatic N) is 4. The molecule has 9 nitrogen and oxygen atoms in total. The van der Waals surface area contributed by atoms with E-state index in [1.165, 1.54) is 0 Å². The summed E-state index contributed by atoms with van der Waals surface area (Å²) in [5.74, 6) is 0.895. The molecule has 0 atom stereocenters. The first-order chi connectivity index (χ1) is 21.5. The largest absolute Gasteiger partial charge is 0.384 e. The van der Waals surface area contributed by atoms with Crippen LogP contribution in [0.3, 0.4) is 0 Å². The molecule has 0 radical (unpaired) electrons. The number of anilines is 1. The quantitative estimate of drug-likeness (QED) is 0.0922. The summed E-state index contributed by atoms with van der Waals surface area (Å²) in [6.07, 6.45) is 5.78. The van der Waals surface area contributed by atoms with Crippen LogP contribution in [0.5, 0.6) is 0 Å². The molecule has 0 unspecified atom stereocenters. The third kappa shape index (κ3) is 7.37. The summed E-state index contributed by atoms with van der Waals surface area (Å²) in [4.78, 5) is 25.1. The van der Waals surface area contributed by atoms with Crippen LogP contribution in [0, 0.1) is 5.41 Å². The van der Waals surface area contributed by atoms with Gasteiger partial charge < -0.3 is 25.7 Å². The van der Waals surface area contributed by atoms with Gasteiger partial charge in [-0.1, -0.05) is 48.5 Å². The molecule has 1 amide bonds. The van der Waals surface area contributed by atoms with Crippen LogP contribution in [0.15, 0.2) is 91.3 Å². The number of amides is 1. The van der Waals surface area contributed by atoms with Gasteiger partial charge in [0.2, 0.25) is 0 Å². The number of carbonyl (C=O) groups is 1. The van der Waals surface area contributed by atoms with Crippen LogP contribution in [0.2, 0.25) is 0 Å². The molecule has 3 aromatic carbocycles. The summed E-state index contributed by atoms with van der Waals surface area (Å²) in [7, 11) is 0. The van der Waals surface area contributed by atoms with Gasteiger partial charge >= 0.3 is 0 Å². The van der Waals surface area contributed by atoms with E-state index in [2.05, 4.69) is 9.55 Å². The van der Waals surface area contributed by atoms with Crippen molar-refractivity contribution in [3.05, 3.63) is 125 Å². The van der Waals surface area contributed by atoms with E-state index in [4.69, 9.17) is 26.6 Å². The Hall–Kier alpha value is -4.86. The summed E-state index contributed by atoms with van der Waals surface area (Å²) in [6.45, 7) is 4.99. The SMILES string of the molecule is CCOCCCn1c(CCc2ccc(C(=N)N)cc2)nc2cc(C(=O)N(Cc3ccc(CN)cc3)c3cccnc3)ccc21. The molecular weight excluding hydrogens is 550 g/mol. The average Bonchev–Trinajstić information content (AvgIpc) is 3.41. The van der Waals surface area contributed by atoms with Crippen molar-refractivity contribution in [1.29, 1.82) is 5.41 Å². The molecule has 2 heterocycles. The van der Waals surface area contributed by atoms with E-state index in [9.17, 15) is 4.79 Å². The number of benzene rings is 3. The third-order valence-electron chi connectivity index (χ3n) is 7.65. The number of ether oxygens (including phenoxy) is 1. The predicted molar refractivity (Wildman–Crippen MR) is 175 cm³/mol. The number of imidazole rings is 1. The predicted octanol–water partition coefficient (Wildman–Crippen LogP) is 5.23. The van der Waals surface area contributed by atoms with Crippen molar-refractivity contribution in [2.45, 2.75) is 45.8 Å². The summed E-state index contributed by atoms with van der Waals surface area (Å²) >= 11 is 0. The number of hydrogen-bond donors (Lipinski definition) is 3. The number of hydrogen-bond acceptors (Lipinski definition) is 6. The first kappa shape index (κ1) is 30.6. The molecule has 2 aromatic heterocycles. The first-order valence-electron chi connectivity index (χ1n) is 15.0. The van der Waals surface area contributed by atoms with Crippen LogP contribution in [-0.4, -0.2) is 39.5 Å². The minimum absolute atomic E-state index is 0.0598. The molecule has 0 spiro atoms. The Kier molecular flexibility index (Phi) is 10.1. The topological polar surface area (TPSA) is 136 Å². The highest BCUT2D eigenvalue weighted by Gasteiger charge is 2.21. The lowest BCUT2D eigenvalue weighted by Crippen LogP contribution is -2.30. The van der Waals surface area contributed by atoms with Crippen LogP contribution in [0.25, 0.3) is 11.0 Å². The summed E-state index contributed by atoms with van der Waals surface area (Å²) in [5, 5.41) is 7.64. The zero-order valence-electron chi connectivity index (χ0n) is 25.1. The fraction of sp³-hybridized carbons (Fsp3) is 0.257. The van der Waals surface area contributed by atoms with Crippen molar-refractivity contribution in [2.24, 2.45) is 11.5 Å². The Labute approximate surface area is 258 Å². The van der Waals surface area contributed by atoms with Crippen LogP contribution >= 0.6 is 0 Å². The zero-order valence-corrected chi connectivity index (χ0v) is 25.1. The van der Waals surface area contributed by atoms with E-state index in [0.29, 0.717) is 37.4 Å². The van der Waals surface area contributed by atoms with Crippen molar-refractivity contribution >= 4 is 28.5 Å². The summed E-state index contributed by atoms with van der Waals surface area (Å²) < 4.78 is 7.84. The summed E-state index contributed by atoms with van der Waals surface area (Å²) in [5.41, 5.74) is 18.3. The van der Waals surface area contributed by atoms with Gasteiger partial charge in [-0.3, -0.25) is 15.2 Å². The molecule has 9 heteroatoms. The molecule has 5 rings (SSSR count). The van der Waals surface area contributed by atoms with E-state index >= 15 is 0 Å². The van der Waals surface area contributed by atoms with Crippen molar-refractivity contribution in [1.82, 2.24) is 14.5 Å². The lowest BCUT2D eigenvalue weighted by molar-refractivity contribution is 0.0985. The Morgan fingerprint density at radius 2 is 1.68 bits per heavy atom. The molecule has 5 aromatic rings. The van der Waals surface area contributed by atoms with Crippen LogP contribution in [0.4, 0.5) is 5.69 Å².